The first-order chi connectivity index (χ1) is 5.68. The van der Waals surface area contributed by atoms with Gasteiger partial charge in [0.25, 0.3) is 0 Å². The second-order valence-electron chi connectivity index (χ2n) is 5.18. The molecule has 0 aromatic carbocycles. The highest BCUT2D eigenvalue weighted by Crippen LogP contribution is 2.34. The van der Waals surface area contributed by atoms with Gasteiger partial charge in [0, 0.05) is 21.7 Å². The fourth-order valence-electron chi connectivity index (χ4n) is 1.79. The normalized spacial score (nSPS) is 15.8. The smallest absolute Gasteiger partial charge is 0.0340 e. The molecule has 0 bridgehead atoms. The molecule has 0 fully saturated rings. The number of hydrogen-bond acceptors (Lipinski definition) is 2. The van der Waals surface area contributed by atoms with Crippen LogP contribution in [0.4, 0.5) is 0 Å². The van der Waals surface area contributed by atoms with E-state index in [2.05, 4.69) is 43.6 Å². The molecule has 0 rings (SSSR count). The van der Waals surface area contributed by atoms with Gasteiger partial charge < -0.3 is 0 Å². The van der Waals surface area contributed by atoms with E-state index in [9.17, 15) is 4.21 Å². The van der Waals surface area contributed by atoms with Crippen molar-refractivity contribution in [3.63, 3.8) is 0 Å². The Kier molecular flexibility index (Phi) is 4.94. The van der Waals surface area contributed by atoms with Gasteiger partial charge in [0.2, 0.25) is 0 Å². The van der Waals surface area contributed by atoms with Crippen molar-refractivity contribution in [1.29, 1.82) is 4.78 Å². The SMILES string of the molecule is CC(C)(CBr)CC(C)(C)C[SH](=N)=O. The van der Waals surface area contributed by atoms with Crippen molar-refractivity contribution in [2.24, 2.45) is 10.8 Å². The third-order valence-corrected chi connectivity index (χ3v) is 4.55. The van der Waals surface area contributed by atoms with Crippen LogP contribution in [0, 0.1) is 15.6 Å². The summed E-state index contributed by atoms with van der Waals surface area (Å²) in [4.78, 5) is 0. The van der Waals surface area contributed by atoms with Crippen LogP contribution >= 0.6 is 15.9 Å². The summed E-state index contributed by atoms with van der Waals surface area (Å²) in [5.74, 6) is 0.499. The average molecular weight is 270 g/mol. The number of hydrogen-bond donors (Lipinski definition) is 2. The Hall–Kier alpha value is 0.430. The molecule has 0 amide bonds. The molecule has 0 aliphatic rings. The van der Waals surface area contributed by atoms with Crippen molar-refractivity contribution in [3.05, 3.63) is 0 Å². The van der Waals surface area contributed by atoms with Crippen LogP contribution in [-0.2, 0) is 10.6 Å². The zero-order valence-corrected chi connectivity index (χ0v) is 11.3. The van der Waals surface area contributed by atoms with E-state index in [-0.39, 0.29) is 10.8 Å². The quantitative estimate of drug-likeness (QED) is 0.585. The molecule has 1 atom stereocenters. The Morgan fingerprint density at radius 3 is 2.00 bits per heavy atom. The molecular formula is C9H20BrNOS. The van der Waals surface area contributed by atoms with Gasteiger partial charge in [-0.3, -0.25) is 8.99 Å². The van der Waals surface area contributed by atoms with Gasteiger partial charge in [-0.05, 0) is 17.3 Å². The first-order valence-electron chi connectivity index (χ1n) is 4.40. The molecule has 0 aromatic rings. The highest BCUT2D eigenvalue weighted by atomic mass is 79.9. The van der Waals surface area contributed by atoms with Crippen LogP contribution in [-0.4, -0.2) is 15.3 Å². The molecule has 4 heteroatoms. The number of halogens is 1. The van der Waals surface area contributed by atoms with Crippen molar-refractivity contribution in [2.75, 3.05) is 11.1 Å². The molecule has 0 aliphatic carbocycles. The Morgan fingerprint density at radius 2 is 1.69 bits per heavy atom. The minimum atomic E-state index is -1.76. The Balaban J connectivity index is 4.32. The summed E-state index contributed by atoms with van der Waals surface area (Å²) in [5.41, 5.74) is 0.224. The van der Waals surface area contributed by atoms with Crippen molar-refractivity contribution in [1.82, 2.24) is 0 Å². The molecule has 0 aliphatic heterocycles. The molecule has 1 unspecified atom stereocenters. The van der Waals surface area contributed by atoms with Crippen molar-refractivity contribution < 1.29 is 4.21 Å². The Labute approximate surface area is 91.6 Å². The summed E-state index contributed by atoms with van der Waals surface area (Å²) >= 11 is 3.47. The van der Waals surface area contributed by atoms with E-state index >= 15 is 0 Å². The Morgan fingerprint density at radius 1 is 1.23 bits per heavy atom. The third-order valence-electron chi connectivity index (χ3n) is 1.89. The standard InChI is InChI=1S/C9H20BrNOS/c1-8(2,6-10)5-9(3,4)7-13(11)12/h11,13H,5-7H2,1-4H3. The molecule has 80 valence electrons. The topological polar surface area (TPSA) is 40.9 Å². The first-order valence-corrected chi connectivity index (χ1v) is 6.97. The first kappa shape index (κ1) is 13.4. The zero-order chi connectivity index (χ0) is 10.7. The van der Waals surface area contributed by atoms with E-state index in [4.69, 9.17) is 4.78 Å². The van der Waals surface area contributed by atoms with E-state index in [0.717, 1.165) is 11.8 Å². The summed E-state index contributed by atoms with van der Waals surface area (Å²) in [6, 6.07) is 0. The van der Waals surface area contributed by atoms with Gasteiger partial charge >= 0.3 is 0 Å². The summed E-state index contributed by atoms with van der Waals surface area (Å²) < 4.78 is 17.9. The maximum atomic E-state index is 10.8. The lowest BCUT2D eigenvalue weighted by molar-refractivity contribution is 0.244. The van der Waals surface area contributed by atoms with E-state index in [1.807, 2.05) is 0 Å². The second-order valence-corrected chi connectivity index (χ2v) is 6.81. The highest BCUT2D eigenvalue weighted by Gasteiger charge is 2.28. The van der Waals surface area contributed by atoms with E-state index < -0.39 is 10.6 Å². The molecule has 0 saturated carbocycles. The van der Waals surface area contributed by atoms with Crippen molar-refractivity contribution >= 4 is 26.5 Å². The predicted molar refractivity (Wildman–Crippen MR) is 63.1 cm³/mol. The van der Waals surface area contributed by atoms with Gasteiger partial charge in [0.05, 0.1) is 0 Å². The minimum Gasteiger partial charge on any atom is -0.255 e. The van der Waals surface area contributed by atoms with Crippen LogP contribution in [0.5, 0.6) is 0 Å². The number of nitrogens with one attached hydrogen (secondary N) is 1. The fraction of sp³-hybridized carbons (Fsp3) is 1.00. The summed E-state index contributed by atoms with van der Waals surface area (Å²) in [6.45, 7) is 8.53. The molecule has 1 N–H and O–H groups in total. The zero-order valence-electron chi connectivity index (χ0n) is 8.85. The molecule has 0 radical (unpaired) electrons. The number of alkyl halides is 1. The van der Waals surface area contributed by atoms with Gasteiger partial charge in [-0.1, -0.05) is 43.6 Å². The van der Waals surface area contributed by atoms with Gasteiger partial charge in [0.15, 0.2) is 0 Å². The van der Waals surface area contributed by atoms with Crippen LogP contribution in [0.25, 0.3) is 0 Å². The van der Waals surface area contributed by atoms with Crippen LogP contribution < -0.4 is 0 Å². The molecule has 2 nitrogen and oxygen atoms in total. The molecule has 0 heterocycles. The molecular weight excluding hydrogens is 250 g/mol. The van der Waals surface area contributed by atoms with Gasteiger partial charge in [0.1, 0.15) is 0 Å². The van der Waals surface area contributed by atoms with Crippen molar-refractivity contribution in [2.45, 2.75) is 34.1 Å². The largest absolute Gasteiger partial charge is 0.255 e. The summed E-state index contributed by atoms with van der Waals surface area (Å²) in [5, 5.41) is 0.943. The fourth-order valence-corrected chi connectivity index (χ4v) is 2.87. The Bertz CT molecular complexity index is 226. The molecule has 13 heavy (non-hydrogen) atoms. The minimum absolute atomic E-state index is 0.00642. The second kappa shape index (κ2) is 4.78. The molecule has 0 saturated heterocycles. The van der Waals surface area contributed by atoms with Crippen LogP contribution in [0.1, 0.15) is 34.1 Å². The molecule has 0 spiro atoms. The maximum Gasteiger partial charge on any atom is 0.0340 e. The lowest BCUT2D eigenvalue weighted by atomic mass is 9.77. The average Bonchev–Trinajstić information content (AvgIpc) is 1.81. The number of rotatable bonds is 5. The lowest BCUT2D eigenvalue weighted by Gasteiger charge is -2.32. The molecule has 0 aromatic heterocycles. The highest BCUT2D eigenvalue weighted by molar-refractivity contribution is 9.09. The van der Waals surface area contributed by atoms with Crippen molar-refractivity contribution in [3.8, 4) is 0 Å². The van der Waals surface area contributed by atoms with Gasteiger partial charge in [-0.25, -0.2) is 0 Å². The predicted octanol–water partition coefficient (Wildman–Crippen LogP) is 3.07. The monoisotopic (exact) mass is 269 g/mol. The third kappa shape index (κ3) is 6.49. The van der Waals surface area contributed by atoms with E-state index in [1.54, 1.807) is 0 Å². The van der Waals surface area contributed by atoms with Gasteiger partial charge in [-0.2, -0.15) is 0 Å². The number of thiol groups is 1. The van der Waals surface area contributed by atoms with Gasteiger partial charge in [-0.15, -0.1) is 0 Å². The summed E-state index contributed by atoms with van der Waals surface area (Å²) in [7, 11) is -1.76. The maximum absolute atomic E-state index is 10.8. The lowest BCUT2D eigenvalue weighted by Crippen LogP contribution is -2.27. The van der Waals surface area contributed by atoms with E-state index in [0.29, 0.717) is 5.75 Å². The van der Waals surface area contributed by atoms with Crippen LogP contribution in [0.2, 0.25) is 0 Å². The summed E-state index contributed by atoms with van der Waals surface area (Å²) in [6.07, 6.45) is 0.991. The van der Waals surface area contributed by atoms with Crippen LogP contribution in [0.3, 0.4) is 0 Å². The van der Waals surface area contributed by atoms with Crippen LogP contribution in [0.15, 0.2) is 0 Å². The van der Waals surface area contributed by atoms with E-state index in [1.165, 1.54) is 0 Å².